The second-order valence-electron chi connectivity index (χ2n) is 9.13. The number of carbonyl (C=O) groups is 4. The second kappa shape index (κ2) is 14.4. The fraction of sp³-hybridized carbons (Fsp3) is 0.556. The molecule has 1 aromatic carbocycles. The van der Waals surface area contributed by atoms with E-state index in [1.807, 2.05) is 12.1 Å². The van der Waals surface area contributed by atoms with Crippen molar-refractivity contribution in [3.63, 3.8) is 0 Å². The zero-order valence-electron chi connectivity index (χ0n) is 20.9. The highest BCUT2D eigenvalue weighted by atomic mass is 16.5. The average Bonchev–Trinajstić information content (AvgIpc) is 3.22. The lowest BCUT2D eigenvalue weighted by Gasteiger charge is -2.28. The van der Waals surface area contributed by atoms with Crippen molar-refractivity contribution in [3.05, 3.63) is 34.9 Å². The topological polar surface area (TPSA) is 117 Å². The molecular formula is C27H36N4O5. The van der Waals surface area contributed by atoms with E-state index < -0.39 is 6.04 Å². The number of likely N-dealkylation sites (N-methyl/N-ethyl adjacent to an activating group) is 1. The summed E-state index contributed by atoms with van der Waals surface area (Å²) >= 11 is 0. The first kappa shape index (κ1) is 27.4. The van der Waals surface area contributed by atoms with E-state index in [1.54, 1.807) is 6.07 Å². The number of fused-ring (bicyclic) bond motifs is 1. The number of nitrogens with zero attached hydrogens (tertiary/aromatic N) is 1. The Labute approximate surface area is 212 Å². The summed E-state index contributed by atoms with van der Waals surface area (Å²) in [5.41, 5.74) is 2.23. The monoisotopic (exact) mass is 496 g/mol. The van der Waals surface area contributed by atoms with Gasteiger partial charge in [-0.15, -0.1) is 0 Å². The summed E-state index contributed by atoms with van der Waals surface area (Å²) in [5.74, 6) is 5.78. The predicted octanol–water partition coefficient (Wildman–Crippen LogP) is 1.14. The summed E-state index contributed by atoms with van der Waals surface area (Å²) in [6, 6.07) is 5.59. The van der Waals surface area contributed by atoms with Gasteiger partial charge >= 0.3 is 0 Å². The molecule has 1 aliphatic carbocycles. The number of amides is 3. The summed E-state index contributed by atoms with van der Waals surface area (Å²) in [5, 5.41) is 8.95. The predicted molar refractivity (Wildman–Crippen MR) is 135 cm³/mol. The smallest absolute Gasteiger partial charge is 0.255 e. The highest BCUT2D eigenvalue weighted by molar-refractivity contribution is 6.01. The van der Waals surface area contributed by atoms with E-state index in [0.717, 1.165) is 56.1 Å². The van der Waals surface area contributed by atoms with E-state index in [1.165, 1.54) is 11.9 Å². The van der Waals surface area contributed by atoms with Crippen molar-refractivity contribution in [2.24, 2.45) is 0 Å². The van der Waals surface area contributed by atoms with Gasteiger partial charge < -0.3 is 30.4 Å². The molecule has 0 spiro atoms. The molecule has 9 heteroatoms. The zero-order valence-corrected chi connectivity index (χ0v) is 20.9. The van der Waals surface area contributed by atoms with Crippen molar-refractivity contribution in [2.75, 3.05) is 26.8 Å². The SMILES string of the molecule is CNC(=O)C(CCC=O)N1Cc2cc(C#CCCOCCNC3CCC(NC=O)CC3)ccc2C1=O. The average molecular weight is 497 g/mol. The molecule has 1 heterocycles. The second-order valence-corrected chi connectivity index (χ2v) is 9.13. The number of ether oxygens (including phenoxy) is 1. The van der Waals surface area contributed by atoms with Crippen LogP contribution in [0.4, 0.5) is 0 Å². The van der Waals surface area contributed by atoms with Crippen LogP contribution in [0.3, 0.4) is 0 Å². The zero-order chi connectivity index (χ0) is 25.8. The van der Waals surface area contributed by atoms with Gasteiger partial charge in [-0.25, -0.2) is 0 Å². The molecule has 3 amide bonds. The van der Waals surface area contributed by atoms with Gasteiger partial charge in [-0.2, -0.15) is 0 Å². The van der Waals surface area contributed by atoms with Crippen LogP contribution in [-0.2, 0) is 25.7 Å². The van der Waals surface area contributed by atoms with Crippen molar-refractivity contribution in [2.45, 2.75) is 69.6 Å². The van der Waals surface area contributed by atoms with Crippen molar-refractivity contribution in [3.8, 4) is 11.8 Å². The molecule has 1 fully saturated rings. The molecule has 9 nitrogen and oxygen atoms in total. The Kier molecular flexibility index (Phi) is 10.9. The van der Waals surface area contributed by atoms with E-state index in [2.05, 4.69) is 27.8 Å². The molecule has 194 valence electrons. The molecular weight excluding hydrogens is 460 g/mol. The Morgan fingerprint density at radius 2 is 1.97 bits per heavy atom. The molecule has 1 aromatic rings. The molecule has 0 bridgehead atoms. The van der Waals surface area contributed by atoms with Gasteiger partial charge in [0.2, 0.25) is 12.3 Å². The van der Waals surface area contributed by atoms with Crippen LogP contribution < -0.4 is 16.0 Å². The van der Waals surface area contributed by atoms with Crippen LogP contribution in [0.2, 0.25) is 0 Å². The molecule has 1 atom stereocenters. The number of nitrogens with one attached hydrogen (secondary N) is 3. The minimum Gasteiger partial charge on any atom is -0.379 e. The van der Waals surface area contributed by atoms with Crippen molar-refractivity contribution < 1.29 is 23.9 Å². The van der Waals surface area contributed by atoms with Gasteiger partial charge in [0.1, 0.15) is 12.3 Å². The van der Waals surface area contributed by atoms with Crippen molar-refractivity contribution in [1.82, 2.24) is 20.9 Å². The molecule has 2 aliphatic rings. The maximum absolute atomic E-state index is 12.8. The van der Waals surface area contributed by atoms with Gasteiger partial charge in [-0.3, -0.25) is 14.4 Å². The van der Waals surface area contributed by atoms with Crippen molar-refractivity contribution >= 4 is 24.5 Å². The maximum atomic E-state index is 12.8. The van der Waals surface area contributed by atoms with Gasteiger partial charge in [0.25, 0.3) is 5.91 Å². The molecule has 1 saturated carbocycles. The number of aldehydes is 1. The van der Waals surface area contributed by atoms with Gasteiger partial charge in [-0.05, 0) is 55.9 Å². The number of carbonyl (C=O) groups excluding carboxylic acids is 4. The molecule has 3 rings (SSSR count). The van der Waals surface area contributed by atoms with Crippen LogP contribution in [0.15, 0.2) is 18.2 Å². The van der Waals surface area contributed by atoms with Gasteiger partial charge in [0.05, 0.1) is 13.2 Å². The fourth-order valence-corrected chi connectivity index (χ4v) is 4.78. The minimum atomic E-state index is -0.671. The number of benzene rings is 1. The maximum Gasteiger partial charge on any atom is 0.255 e. The normalized spacial score (nSPS) is 19.6. The molecule has 36 heavy (non-hydrogen) atoms. The molecule has 3 N–H and O–H groups in total. The number of hydrogen-bond donors (Lipinski definition) is 3. The third kappa shape index (κ3) is 7.64. The summed E-state index contributed by atoms with van der Waals surface area (Å²) in [6.45, 7) is 2.29. The fourth-order valence-electron chi connectivity index (χ4n) is 4.78. The number of hydrogen-bond acceptors (Lipinski definition) is 6. The lowest BCUT2D eigenvalue weighted by atomic mass is 9.91. The first-order valence-corrected chi connectivity index (χ1v) is 12.7. The summed E-state index contributed by atoms with van der Waals surface area (Å²) < 4.78 is 5.68. The summed E-state index contributed by atoms with van der Waals surface area (Å²) in [7, 11) is 1.53. The lowest BCUT2D eigenvalue weighted by molar-refractivity contribution is -0.125. The van der Waals surface area contributed by atoms with Crippen LogP contribution in [-0.4, -0.2) is 74.3 Å². The summed E-state index contributed by atoms with van der Waals surface area (Å²) in [4.78, 5) is 48.0. The standard InChI is InChI=1S/C27H36N4O5/c1-28-26(34)25(6-4-14-32)31-18-21-17-20(7-12-24(21)27(31)35)5-2-3-15-36-16-13-29-22-8-10-23(11-9-22)30-19-33/h7,12,14,17,19,22-23,25,29H,3-4,6,8-11,13,15-16,18H2,1H3,(H,28,34)(H,30,33). The lowest BCUT2D eigenvalue weighted by Crippen LogP contribution is -2.46. The Morgan fingerprint density at radius 3 is 2.69 bits per heavy atom. The van der Waals surface area contributed by atoms with Crippen LogP contribution in [0.5, 0.6) is 0 Å². The van der Waals surface area contributed by atoms with Gasteiger partial charge in [0.15, 0.2) is 0 Å². The van der Waals surface area contributed by atoms with Crippen LogP contribution in [0.25, 0.3) is 0 Å². The van der Waals surface area contributed by atoms with E-state index in [-0.39, 0.29) is 18.2 Å². The first-order valence-electron chi connectivity index (χ1n) is 12.7. The van der Waals surface area contributed by atoms with Crippen molar-refractivity contribution in [1.29, 1.82) is 0 Å². The Morgan fingerprint density at radius 1 is 1.19 bits per heavy atom. The highest BCUT2D eigenvalue weighted by Gasteiger charge is 2.35. The molecule has 1 unspecified atom stereocenters. The van der Waals surface area contributed by atoms with Crippen LogP contribution in [0, 0.1) is 11.8 Å². The Balaban J connectivity index is 1.39. The Bertz CT molecular complexity index is 978. The third-order valence-corrected chi connectivity index (χ3v) is 6.73. The van der Waals surface area contributed by atoms with Crippen LogP contribution in [0.1, 0.15) is 66.4 Å². The molecule has 1 aliphatic heterocycles. The minimum absolute atomic E-state index is 0.198. The third-order valence-electron chi connectivity index (χ3n) is 6.73. The molecule has 0 radical (unpaired) electrons. The largest absolute Gasteiger partial charge is 0.379 e. The van der Waals surface area contributed by atoms with Gasteiger partial charge in [-0.1, -0.05) is 11.8 Å². The van der Waals surface area contributed by atoms with Crippen LogP contribution >= 0.6 is 0 Å². The van der Waals surface area contributed by atoms with E-state index >= 15 is 0 Å². The van der Waals surface area contributed by atoms with E-state index in [4.69, 9.17) is 4.74 Å². The van der Waals surface area contributed by atoms with E-state index in [9.17, 15) is 19.2 Å². The molecule has 0 aromatic heterocycles. The van der Waals surface area contributed by atoms with Gasteiger partial charge in [0, 0.05) is 56.2 Å². The highest BCUT2D eigenvalue weighted by Crippen LogP contribution is 2.27. The number of rotatable bonds is 13. The molecule has 0 saturated heterocycles. The first-order chi connectivity index (χ1) is 17.6. The summed E-state index contributed by atoms with van der Waals surface area (Å²) in [6.07, 6.45) is 6.82. The van der Waals surface area contributed by atoms with E-state index in [0.29, 0.717) is 50.2 Å². The Hall–Kier alpha value is -3.22. The quantitative estimate of drug-likeness (QED) is 0.214.